The zero-order chi connectivity index (χ0) is 27.4. The van der Waals surface area contributed by atoms with Crippen molar-refractivity contribution in [1.82, 2.24) is 10.2 Å². The number of rotatable bonds is 12. The quantitative estimate of drug-likeness (QED) is 0.328. The van der Waals surface area contributed by atoms with E-state index in [2.05, 4.69) is 17.6 Å². The lowest BCUT2D eigenvalue weighted by molar-refractivity contribution is -0.138. The molecule has 0 saturated carbocycles. The van der Waals surface area contributed by atoms with Crippen LogP contribution in [-0.2, 0) is 14.3 Å². The molecule has 0 saturated heterocycles. The van der Waals surface area contributed by atoms with Crippen LogP contribution in [0.5, 0.6) is 0 Å². The van der Waals surface area contributed by atoms with Gasteiger partial charge in [-0.2, -0.15) is 0 Å². The summed E-state index contributed by atoms with van der Waals surface area (Å²) in [5.74, 6) is -0.627. The molecule has 3 amide bonds. The maximum Gasteiger partial charge on any atom is 0.408 e. The van der Waals surface area contributed by atoms with Crippen LogP contribution in [0, 0.1) is 13.8 Å². The molecule has 1 unspecified atom stereocenters. The molecule has 0 aliphatic rings. The number of amides is 3. The van der Waals surface area contributed by atoms with E-state index in [-0.39, 0.29) is 18.4 Å². The van der Waals surface area contributed by atoms with E-state index in [1.807, 2.05) is 62.4 Å². The largest absolute Gasteiger partial charge is 0.444 e. The van der Waals surface area contributed by atoms with E-state index < -0.39 is 17.7 Å². The summed E-state index contributed by atoms with van der Waals surface area (Å²) >= 11 is 0. The van der Waals surface area contributed by atoms with Crippen molar-refractivity contribution >= 4 is 23.6 Å². The molecule has 1 atom stereocenters. The molecule has 202 valence electrons. The minimum Gasteiger partial charge on any atom is -0.444 e. The number of hydrogen-bond donors (Lipinski definition) is 2. The number of anilines is 1. The lowest BCUT2D eigenvalue weighted by atomic mass is 9.98. The van der Waals surface area contributed by atoms with Crippen LogP contribution in [0.4, 0.5) is 10.5 Å². The molecule has 7 heteroatoms. The number of aryl methyl sites for hydroxylation is 2. The van der Waals surface area contributed by atoms with Crippen molar-refractivity contribution in [3.63, 3.8) is 0 Å². The molecule has 7 nitrogen and oxygen atoms in total. The van der Waals surface area contributed by atoms with E-state index in [1.165, 1.54) is 0 Å². The van der Waals surface area contributed by atoms with Crippen molar-refractivity contribution in [2.45, 2.75) is 85.3 Å². The lowest BCUT2D eigenvalue weighted by Crippen LogP contribution is -2.47. The number of ether oxygens (including phenoxy) is 1. The number of hydrogen-bond acceptors (Lipinski definition) is 4. The first-order chi connectivity index (χ1) is 17.5. The Bertz CT molecular complexity index is 1050. The van der Waals surface area contributed by atoms with E-state index in [1.54, 1.807) is 25.7 Å². The Labute approximate surface area is 222 Å². The van der Waals surface area contributed by atoms with E-state index in [4.69, 9.17) is 4.74 Å². The van der Waals surface area contributed by atoms with E-state index in [9.17, 15) is 14.4 Å². The molecule has 2 aromatic carbocycles. The van der Waals surface area contributed by atoms with Crippen LogP contribution in [-0.4, -0.2) is 41.5 Å². The molecule has 0 aromatic heterocycles. The second kappa shape index (κ2) is 14.4. The van der Waals surface area contributed by atoms with Crippen molar-refractivity contribution in [3.05, 3.63) is 65.2 Å². The number of para-hydroxylation sites is 1. The highest BCUT2D eigenvalue weighted by molar-refractivity contribution is 5.99. The van der Waals surface area contributed by atoms with Gasteiger partial charge in [-0.05, 0) is 63.8 Å². The van der Waals surface area contributed by atoms with Crippen LogP contribution >= 0.6 is 0 Å². The van der Waals surface area contributed by atoms with Crippen LogP contribution in [0.1, 0.15) is 82.5 Å². The van der Waals surface area contributed by atoms with Crippen LogP contribution in [0.3, 0.4) is 0 Å². The van der Waals surface area contributed by atoms with Gasteiger partial charge in [-0.3, -0.25) is 9.59 Å². The average Bonchev–Trinajstić information content (AvgIpc) is 2.83. The van der Waals surface area contributed by atoms with Crippen molar-refractivity contribution in [1.29, 1.82) is 0 Å². The molecule has 0 spiro atoms. The van der Waals surface area contributed by atoms with Crippen molar-refractivity contribution < 1.29 is 19.1 Å². The fraction of sp³-hybridized carbons (Fsp3) is 0.500. The normalized spacial score (nSPS) is 11.9. The van der Waals surface area contributed by atoms with Gasteiger partial charge in [-0.25, -0.2) is 4.79 Å². The fourth-order valence-corrected chi connectivity index (χ4v) is 4.11. The number of unbranched alkanes of at least 4 members (excludes halogenated alkanes) is 4. The maximum absolute atomic E-state index is 13.8. The minimum absolute atomic E-state index is 0.260. The van der Waals surface area contributed by atoms with Gasteiger partial charge in [0.15, 0.2) is 0 Å². The number of alkyl carbamates (subject to hydrolysis) is 1. The summed E-state index contributed by atoms with van der Waals surface area (Å²) in [5, 5.41) is 5.60. The number of carbonyl (C=O) groups is 3. The Kier molecular flexibility index (Phi) is 11.6. The Hall–Kier alpha value is -3.35. The molecule has 0 aliphatic carbocycles. The highest BCUT2D eigenvalue weighted by atomic mass is 16.6. The molecule has 37 heavy (non-hydrogen) atoms. The highest BCUT2D eigenvalue weighted by Gasteiger charge is 2.32. The number of carbonyl (C=O) groups excluding carboxylic acids is 3. The highest BCUT2D eigenvalue weighted by Crippen LogP contribution is 2.27. The molecule has 2 rings (SSSR count). The lowest BCUT2D eigenvalue weighted by Gasteiger charge is -2.32. The zero-order valence-corrected chi connectivity index (χ0v) is 23.2. The Morgan fingerprint density at radius 2 is 1.51 bits per heavy atom. The first-order valence-electron chi connectivity index (χ1n) is 13.2. The molecule has 0 radical (unpaired) electrons. The summed E-state index contributed by atoms with van der Waals surface area (Å²) in [5.41, 5.74) is 2.63. The standard InChI is InChI=1S/C30H43N3O4/c1-7-8-9-10-15-20-33(26(34)21-31-29(36)37-30(4,5)6)27(24-18-13-11-16-22(24)2)28(35)32-25-19-14-12-17-23(25)3/h11-14,16-19,27H,7-10,15,20-21H2,1-6H3,(H,31,36)(H,32,35). The second-order valence-electron chi connectivity index (χ2n) is 10.4. The molecular weight excluding hydrogens is 466 g/mol. The van der Waals surface area contributed by atoms with Crippen molar-refractivity contribution in [2.24, 2.45) is 0 Å². The Balaban J connectivity index is 2.36. The van der Waals surface area contributed by atoms with Crippen LogP contribution in [0.2, 0.25) is 0 Å². The minimum atomic E-state index is -0.847. The van der Waals surface area contributed by atoms with Gasteiger partial charge in [0.25, 0.3) is 5.91 Å². The molecule has 0 fully saturated rings. The maximum atomic E-state index is 13.8. The fourth-order valence-electron chi connectivity index (χ4n) is 4.11. The van der Waals surface area contributed by atoms with Gasteiger partial charge in [-0.15, -0.1) is 0 Å². The monoisotopic (exact) mass is 509 g/mol. The molecule has 0 aliphatic heterocycles. The van der Waals surface area contributed by atoms with E-state index in [0.29, 0.717) is 12.2 Å². The first kappa shape index (κ1) is 29.9. The molecule has 2 aromatic rings. The Morgan fingerprint density at radius 3 is 2.14 bits per heavy atom. The summed E-state index contributed by atoms with van der Waals surface area (Å²) in [4.78, 5) is 41.2. The molecule has 0 bridgehead atoms. The molecule has 2 N–H and O–H groups in total. The topological polar surface area (TPSA) is 87.7 Å². The van der Waals surface area contributed by atoms with Gasteiger partial charge < -0.3 is 20.3 Å². The third kappa shape index (κ3) is 9.90. The van der Waals surface area contributed by atoms with Crippen molar-refractivity contribution in [2.75, 3.05) is 18.4 Å². The van der Waals surface area contributed by atoms with Gasteiger partial charge in [0.05, 0.1) is 0 Å². The summed E-state index contributed by atoms with van der Waals surface area (Å²) in [6.07, 6.45) is 4.37. The second-order valence-corrected chi connectivity index (χ2v) is 10.4. The zero-order valence-electron chi connectivity index (χ0n) is 23.2. The van der Waals surface area contributed by atoms with Crippen LogP contribution < -0.4 is 10.6 Å². The van der Waals surface area contributed by atoms with Crippen LogP contribution in [0.25, 0.3) is 0 Å². The third-order valence-electron chi connectivity index (χ3n) is 6.05. The van der Waals surface area contributed by atoms with Gasteiger partial charge >= 0.3 is 6.09 Å². The van der Waals surface area contributed by atoms with Gasteiger partial charge in [0, 0.05) is 12.2 Å². The predicted octanol–water partition coefficient (Wildman–Crippen LogP) is 6.31. The van der Waals surface area contributed by atoms with Crippen LogP contribution in [0.15, 0.2) is 48.5 Å². The Morgan fingerprint density at radius 1 is 0.892 bits per heavy atom. The number of nitrogens with zero attached hydrogens (tertiary/aromatic N) is 1. The summed E-state index contributed by atoms with van der Waals surface area (Å²) < 4.78 is 5.30. The molecular formula is C30H43N3O4. The number of benzene rings is 2. The predicted molar refractivity (Wildman–Crippen MR) is 148 cm³/mol. The van der Waals surface area contributed by atoms with E-state index >= 15 is 0 Å². The SMILES string of the molecule is CCCCCCCN(C(=O)CNC(=O)OC(C)(C)C)C(C(=O)Nc1ccccc1C)c1ccccc1C. The smallest absolute Gasteiger partial charge is 0.408 e. The van der Waals surface area contributed by atoms with Gasteiger partial charge in [0.2, 0.25) is 5.91 Å². The van der Waals surface area contributed by atoms with Crippen molar-refractivity contribution in [3.8, 4) is 0 Å². The van der Waals surface area contributed by atoms with E-state index in [0.717, 1.165) is 48.8 Å². The first-order valence-corrected chi connectivity index (χ1v) is 13.2. The summed E-state index contributed by atoms with van der Waals surface area (Å²) in [6.45, 7) is 11.5. The summed E-state index contributed by atoms with van der Waals surface area (Å²) in [6, 6.07) is 14.3. The average molecular weight is 510 g/mol. The number of nitrogens with one attached hydrogen (secondary N) is 2. The third-order valence-corrected chi connectivity index (χ3v) is 6.05. The van der Waals surface area contributed by atoms with Gasteiger partial charge in [0.1, 0.15) is 18.2 Å². The molecule has 0 heterocycles. The summed E-state index contributed by atoms with van der Waals surface area (Å²) in [7, 11) is 0. The van der Waals surface area contributed by atoms with Gasteiger partial charge in [-0.1, -0.05) is 75.1 Å².